The van der Waals surface area contributed by atoms with E-state index in [1.165, 1.54) is 0 Å². The van der Waals surface area contributed by atoms with Crippen molar-refractivity contribution in [2.75, 3.05) is 13.2 Å². The highest BCUT2D eigenvalue weighted by Gasteiger charge is 2.18. The minimum absolute atomic E-state index is 0.141. The van der Waals surface area contributed by atoms with E-state index in [9.17, 15) is 4.79 Å². The highest BCUT2D eigenvalue weighted by Crippen LogP contribution is 2.28. The smallest absolute Gasteiger partial charge is 0.261 e. The normalized spacial score (nSPS) is 11.7. The van der Waals surface area contributed by atoms with Crippen LogP contribution in [0.15, 0.2) is 60.7 Å². The van der Waals surface area contributed by atoms with Crippen LogP contribution in [-0.4, -0.2) is 25.2 Å². The van der Waals surface area contributed by atoms with Crippen LogP contribution in [0.25, 0.3) is 10.8 Å². The molecule has 0 saturated carbocycles. The van der Waals surface area contributed by atoms with E-state index in [1.54, 1.807) is 0 Å². The lowest BCUT2D eigenvalue weighted by molar-refractivity contribution is -0.128. The molecule has 3 aromatic rings. The van der Waals surface area contributed by atoms with Gasteiger partial charge in [0.2, 0.25) is 0 Å². The van der Waals surface area contributed by atoms with Gasteiger partial charge in [-0.05, 0) is 60.9 Å². The maximum absolute atomic E-state index is 12.7. The molecule has 1 atom stereocenters. The number of fused-ring (bicyclic) bond motifs is 1. The van der Waals surface area contributed by atoms with Crippen LogP contribution in [0.2, 0.25) is 0 Å². The largest absolute Gasteiger partial charge is 0.490 e. The van der Waals surface area contributed by atoms with Crippen LogP contribution in [0.5, 0.6) is 17.2 Å². The molecular weight excluding hydrogens is 378 g/mol. The molecule has 1 N–H and O–H groups in total. The molecular formula is C25H29NO4. The van der Waals surface area contributed by atoms with E-state index < -0.39 is 6.10 Å². The molecule has 1 amide bonds. The molecule has 0 aliphatic heterocycles. The van der Waals surface area contributed by atoms with E-state index in [4.69, 9.17) is 14.2 Å². The Kier molecular flexibility index (Phi) is 7.55. The summed E-state index contributed by atoms with van der Waals surface area (Å²) >= 11 is 0. The SMILES string of the molecule is CCOc1ccc(CNC(=O)C(CC)Oc2ccc3ccccc3c2)cc1OCC. The number of ether oxygens (including phenoxy) is 3. The maximum atomic E-state index is 12.7. The quantitative estimate of drug-likeness (QED) is 0.507. The first-order valence-electron chi connectivity index (χ1n) is 10.5. The summed E-state index contributed by atoms with van der Waals surface area (Å²) in [5.74, 6) is 1.94. The molecule has 5 nitrogen and oxygen atoms in total. The van der Waals surface area contributed by atoms with Crippen LogP contribution >= 0.6 is 0 Å². The molecule has 0 fully saturated rings. The molecule has 30 heavy (non-hydrogen) atoms. The van der Waals surface area contributed by atoms with Crippen LogP contribution in [0.1, 0.15) is 32.8 Å². The molecule has 0 aromatic heterocycles. The minimum Gasteiger partial charge on any atom is -0.490 e. The van der Waals surface area contributed by atoms with E-state index >= 15 is 0 Å². The molecule has 0 saturated heterocycles. The molecule has 3 aromatic carbocycles. The van der Waals surface area contributed by atoms with Crippen LogP contribution in [0.4, 0.5) is 0 Å². The van der Waals surface area contributed by atoms with E-state index in [0.717, 1.165) is 16.3 Å². The van der Waals surface area contributed by atoms with Crippen molar-refractivity contribution in [2.24, 2.45) is 0 Å². The lowest BCUT2D eigenvalue weighted by atomic mass is 10.1. The summed E-state index contributed by atoms with van der Waals surface area (Å²) in [6.45, 7) is 7.32. The fraction of sp³-hybridized carbons (Fsp3) is 0.320. The van der Waals surface area contributed by atoms with Gasteiger partial charge in [0.15, 0.2) is 17.6 Å². The van der Waals surface area contributed by atoms with E-state index in [0.29, 0.717) is 43.4 Å². The van der Waals surface area contributed by atoms with Crippen LogP contribution in [0.3, 0.4) is 0 Å². The molecule has 158 valence electrons. The van der Waals surface area contributed by atoms with E-state index in [2.05, 4.69) is 11.4 Å². The van der Waals surface area contributed by atoms with Gasteiger partial charge in [0.1, 0.15) is 5.75 Å². The average molecular weight is 408 g/mol. The second-order valence-corrected chi connectivity index (χ2v) is 6.89. The summed E-state index contributed by atoms with van der Waals surface area (Å²) in [6, 6.07) is 19.7. The molecule has 5 heteroatoms. The van der Waals surface area contributed by atoms with Gasteiger partial charge in [0.25, 0.3) is 5.91 Å². The fourth-order valence-electron chi connectivity index (χ4n) is 3.24. The third kappa shape index (κ3) is 5.44. The van der Waals surface area contributed by atoms with Crippen molar-refractivity contribution in [3.8, 4) is 17.2 Å². The first-order valence-corrected chi connectivity index (χ1v) is 10.5. The molecule has 0 aliphatic rings. The molecule has 0 bridgehead atoms. The molecule has 0 heterocycles. The Bertz CT molecular complexity index is 986. The number of rotatable bonds is 10. The van der Waals surface area contributed by atoms with Crippen molar-refractivity contribution in [2.45, 2.75) is 39.8 Å². The Hall–Kier alpha value is -3.21. The van der Waals surface area contributed by atoms with Gasteiger partial charge in [0.05, 0.1) is 13.2 Å². The monoisotopic (exact) mass is 407 g/mol. The average Bonchev–Trinajstić information content (AvgIpc) is 2.77. The van der Waals surface area contributed by atoms with Gasteiger partial charge in [-0.2, -0.15) is 0 Å². The third-order valence-corrected chi connectivity index (χ3v) is 4.74. The predicted octanol–water partition coefficient (Wildman–Crippen LogP) is 5.11. The summed E-state index contributed by atoms with van der Waals surface area (Å²) in [7, 11) is 0. The van der Waals surface area contributed by atoms with Crippen LogP contribution < -0.4 is 19.5 Å². The number of carbonyl (C=O) groups is 1. The number of hydrogen-bond donors (Lipinski definition) is 1. The van der Waals surface area contributed by atoms with Crippen molar-refractivity contribution in [3.05, 3.63) is 66.2 Å². The topological polar surface area (TPSA) is 56.8 Å². The fourth-order valence-corrected chi connectivity index (χ4v) is 3.24. The van der Waals surface area contributed by atoms with Gasteiger partial charge in [-0.1, -0.05) is 43.3 Å². The van der Waals surface area contributed by atoms with Crippen molar-refractivity contribution < 1.29 is 19.0 Å². The van der Waals surface area contributed by atoms with Crippen molar-refractivity contribution in [1.29, 1.82) is 0 Å². The van der Waals surface area contributed by atoms with Gasteiger partial charge in [-0.15, -0.1) is 0 Å². The number of hydrogen-bond acceptors (Lipinski definition) is 4. The van der Waals surface area contributed by atoms with Gasteiger partial charge in [-0.3, -0.25) is 4.79 Å². The first kappa shape index (κ1) is 21.5. The highest BCUT2D eigenvalue weighted by molar-refractivity contribution is 5.84. The number of amides is 1. The van der Waals surface area contributed by atoms with Gasteiger partial charge in [0, 0.05) is 6.54 Å². The van der Waals surface area contributed by atoms with Crippen LogP contribution in [0, 0.1) is 0 Å². The number of benzene rings is 3. The summed E-state index contributed by atoms with van der Waals surface area (Å²) in [4.78, 5) is 12.7. The zero-order chi connectivity index (χ0) is 21.3. The van der Waals surface area contributed by atoms with Gasteiger partial charge in [-0.25, -0.2) is 0 Å². The summed E-state index contributed by atoms with van der Waals surface area (Å²) in [5, 5.41) is 5.20. The Labute approximate surface area is 178 Å². The molecule has 0 radical (unpaired) electrons. The van der Waals surface area contributed by atoms with Crippen molar-refractivity contribution in [1.82, 2.24) is 5.32 Å². The second kappa shape index (κ2) is 10.5. The Morgan fingerprint density at radius 2 is 1.60 bits per heavy atom. The minimum atomic E-state index is -0.555. The standard InChI is InChI=1S/C25H29NO4/c1-4-22(30-21-13-12-19-9-7-8-10-20(19)16-21)25(27)26-17-18-11-14-23(28-5-2)24(15-18)29-6-3/h7-16,22H,4-6,17H2,1-3H3,(H,26,27). The molecule has 3 rings (SSSR count). The lowest BCUT2D eigenvalue weighted by Crippen LogP contribution is -2.37. The predicted molar refractivity (Wildman–Crippen MR) is 119 cm³/mol. The second-order valence-electron chi connectivity index (χ2n) is 6.89. The summed E-state index contributed by atoms with van der Waals surface area (Å²) in [5.41, 5.74) is 0.941. The number of nitrogens with one attached hydrogen (secondary N) is 1. The Morgan fingerprint density at radius 3 is 2.33 bits per heavy atom. The first-order chi connectivity index (χ1) is 14.6. The Balaban J connectivity index is 1.64. The van der Waals surface area contributed by atoms with Crippen LogP contribution in [-0.2, 0) is 11.3 Å². The van der Waals surface area contributed by atoms with Gasteiger partial charge < -0.3 is 19.5 Å². The zero-order valence-corrected chi connectivity index (χ0v) is 17.8. The summed E-state index contributed by atoms with van der Waals surface area (Å²) < 4.78 is 17.2. The molecule has 1 unspecified atom stereocenters. The van der Waals surface area contributed by atoms with Crippen molar-refractivity contribution >= 4 is 16.7 Å². The summed E-state index contributed by atoms with van der Waals surface area (Å²) in [6.07, 6.45) is 0.0202. The third-order valence-electron chi connectivity index (χ3n) is 4.74. The number of carbonyl (C=O) groups excluding carboxylic acids is 1. The molecule has 0 aliphatic carbocycles. The van der Waals surface area contributed by atoms with Crippen molar-refractivity contribution in [3.63, 3.8) is 0 Å². The highest BCUT2D eigenvalue weighted by atomic mass is 16.5. The maximum Gasteiger partial charge on any atom is 0.261 e. The Morgan fingerprint density at radius 1 is 0.867 bits per heavy atom. The van der Waals surface area contributed by atoms with E-state index in [-0.39, 0.29) is 5.91 Å². The van der Waals surface area contributed by atoms with E-state index in [1.807, 2.05) is 75.4 Å². The van der Waals surface area contributed by atoms with Gasteiger partial charge >= 0.3 is 0 Å². The zero-order valence-electron chi connectivity index (χ0n) is 17.8. The molecule has 0 spiro atoms. The lowest BCUT2D eigenvalue weighted by Gasteiger charge is -2.18.